The van der Waals surface area contributed by atoms with E-state index >= 15 is 0 Å². The summed E-state index contributed by atoms with van der Waals surface area (Å²) in [6, 6.07) is 18.0. The molecule has 2 amide bonds. The molecule has 3 rings (SSSR count). The molecule has 0 bridgehead atoms. The summed E-state index contributed by atoms with van der Waals surface area (Å²) in [6.07, 6.45) is 0.923. The van der Waals surface area contributed by atoms with Crippen molar-refractivity contribution in [3.63, 3.8) is 0 Å². The zero-order valence-electron chi connectivity index (χ0n) is 17.1. The molecule has 3 aromatic rings. The number of hydrogen-bond donors (Lipinski definition) is 2. The quantitative estimate of drug-likeness (QED) is 0.356. The van der Waals surface area contributed by atoms with Gasteiger partial charge in [0.25, 0.3) is 5.91 Å². The number of carbonyl (C=O) groups is 2. The number of benzene rings is 2. The van der Waals surface area contributed by atoms with Crippen LogP contribution in [-0.4, -0.2) is 24.6 Å². The Morgan fingerprint density at radius 2 is 1.87 bits per heavy atom. The number of nitrogens with zero attached hydrogens (tertiary/aromatic N) is 1. The van der Waals surface area contributed by atoms with Crippen molar-refractivity contribution in [3.8, 4) is 5.75 Å². The molecule has 160 valence electrons. The standard InChI is InChI=1S/C23H22BrN3O4/c1-15(26-27-22(28)13-8-16-6-9-19(30-2)10-7-16)17-4-3-5-18(14-17)25-23(29)20-11-12-21(24)31-20/h3-7,9-12,14H,8,13H2,1-2H3,(H,25,29)(H,27,28)/b26-15+. The van der Waals surface area contributed by atoms with Crippen LogP contribution in [0.25, 0.3) is 0 Å². The number of nitrogens with one attached hydrogen (secondary N) is 2. The molecule has 0 radical (unpaired) electrons. The second-order valence-corrected chi connectivity index (χ2v) is 7.50. The highest BCUT2D eigenvalue weighted by Crippen LogP contribution is 2.17. The first-order valence-electron chi connectivity index (χ1n) is 9.58. The fourth-order valence-corrected chi connectivity index (χ4v) is 3.07. The Labute approximate surface area is 188 Å². The monoisotopic (exact) mass is 483 g/mol. The first kappa shape index (κ1) is 22.3. The molecule has 0 aliphatic carbocycles. The molecule has 0 fully saturated rings. The first-order valence-corrected chi connectivity index (χ1v) is 10.4. The van der Waals surface area contributed by atoms with Gasteiger partial charge in [0.1, 0.15) is 5.75 Å². The third kappa shape index (κ3) is 6.55. The molecule has 1 aromatic heterocycles. The Morgan fingerprint density at radius 1 is 1.10 bits per heavy atom. The van der Waals surface area contributed by atoms with Crippen molar-refractivity contribution in [2.75, 3.05) is 12.4 Å². The molecule has 0 aliphatic rings. The van der Waals surface area contributed by atoms with Gasteiger partial charge in [-0.05, 0) is 76.8 Å². The van der Waals surface area contributed by atoms with Crippen molar-refractivity contribution in [2.45, 2.75) is 19.8 Å². The van der Waals surface area contributed by atoms with Gasteiger partial charge in [-0.1, -0.05) is 24.3 Å². The van der Waals surface area contributed by atoms with Crippen LogP contribution in [0.15, 0.2) is 74.9 Å². The Morgan fingerprint density at radius 3 is 2.55 bits per heavy atom. The number of rotatable bonds is 8. The molecule has 0 aliphatic heterocycles. The third-order valence-corrected chi connectivity index (χ3v) is 4.91. The van der Waals surface area contributed by atoms with Crippen LogP contribution in [-0.2, 0) is 11.2 Å². The number of anilines is 1. The van der Waals surface area contributed by atoms with Gasteiger partial charge in [-0.3, -0.25) is 9.59 Å². The maximum atomic E-state index is 12.2. The molecular formula is C23H22BrN3O4. The van der Waals surface area contributed by atoms with Crippen LogP contribution >= 0.6 is 15.9 Å². The summed E-state index contributed by atoms with van der Waals surface area (Å²) < 4.78 is 10.9. The van der Waals surface area contributed by atoms with E-state index < -0.39 is 0 Å². The van der Waals surface area contributed by atoms with Gasteiger partial charge in [0.05, 0.1) is 12.8 Å². The molecule has 1 heterocycles. The van der Waals surface area contributed by atoms with Gasteiger partial charge in [0.2, 0.25) is 5.91 Å². The summed E-state index contributed by atoms with van der Waals surface area (Å²) in [4.78, 5) is 24.4. The lowest BCUT2D eigenvalue weighted by Crippen LogP contribution is -2.19. The summed E-state index contributed by atoms with van der Waals surface area (Å²) >= 11 is 3.17. The minimum Gasteiger partial charge on any atom is -0.497 e. The van der Waals surface area contributed by atoms with Gasteiger partial charge in [-0.15, -0.1) is 0 Å². The Kier molecular flexibility index (Phi) is 7.61. The summed E-state index contributed by atoms with van der Waals surface area (Å²) in [5.41, 5.74) is 5.61. The lowest BCUT2D eigenvalue weighted by atomic mass is 10.1. The molecule has 0 unspecified atom stereocenters. The van der Waals surface area contributed by atoms with Gasteiger partial charge in [0, 0.05) is 12.1 Å². The summed E-state index contributed by atoms with van der Waals surface area (Å²) in [5.74, 6) is 0.447. The second kappa shape index (κ2) is 10.6. The Balaban J connectivity index is 1.54. The molecule has 2 N–H and O–H groups in total. The zero-order chi connectivity index (χ0) is 22.2. The topological polar surface area (TPSA) is 92.9 Å². The van der Waals surface area contributed by atoms with Gasteiger partial charge in [-0.2, -0.15) is 5.10 Å². The maximum absolute atomic E-state index is 12.2. The molecule has 2 aromatic carbocycles. The molecular weight excluding hydrogens is 462 g/mol. The molecule has 7 nitrogen and oxygen atoms in total. The molecule has 0 saturated carbocycles. The van der Waals surface area contributed by atoms with Gasteiger partial charge in [0.15, 0.2) is 10.4 Å². The van der Waals surface area contributed by atoms with Crippen LogP contribution in [0.4, 0.5) is 5.69 Å². The van der Waals surface area contributed by atoms with Crippen LogP contribution < -0.4 is 15.5 Å². The minimum absolute atomic E-state index is 0.178. The number of carbonyl (C=O) groups excluding carboxylic acids is 2. The van der Waals surface area contributed by atoms with Crippen LogP contribution in [0.3, 0.4) is 0 Å². The van der Waals surface area contributed by atoms with E-state index in [1.165, 1.54) is 0 Å². The number of aryl methyl sites for hydroxylation is 1. The molecule has 31 heavy (non-hydrogen) atoms. The number of hydrazone groups is 1. The predicted octanol–water partition coefficient (Wildman–Crippen LogP) is 4.78. The normalized spacial score (nSPS) is 11.1. The van der Waals surface area contributed by atoms with E-state index in [-0.39, 0.29) is 17.6 Å². The number of amides is 2. The van der Waals surface area contributed by atoms with Crippen molar-refractivity contribution in [1.29, 1.82) is 0 Å². The van der Waals surface area contributed by atoms with Crippen LogP contribution in [0.5, 0.6) is 5.75 Å². The number of halogens is 1. The van der Waals surface area contributed by atoms with Gasteiger partial charge >= 0.3 is 0 Å². The van der Waals surface area contributed by atoms with Gasteiger partial charge < -0.3 is 14.5 Å². The van der Waals surface area contributed by atoms with Crippen molar-refractivity contribution < 1.29 is 18.7 Å². The van der Waals surface area contributed by atoms with E-state index in [2.05, 4.69) is 31.8 Å². The van der Waals surface area contributed by atoms with Crippen molar-refractivity contribution in [3.05, 3.63) is 82.2 Å². The number of methoxy groups -OCH3 is 1. The predicted molar refractivity (Wildman–Crippen MR) is 122 cm³/mol. The highest BCUT2D eigenvalue weighted by molar-refractivity contribution is 9.10. The van der Waals surface area contributed by atoms with E-state index in [1.807, 2.05) is 30.3 Å². The highest BCUT2D eigenvalue weighted by atomic mass is 79.9. The maximum Gasteiger partial charge on any atom is 0.291 e. The average molecular weight is 484 g/mol. The smallest absolute Gasteiger partial charge is 0.291 e. The number of ether oxygens (including phenoxy) is 1. The Hall–Kier alpha value is -3.39. The number of furan rings is 1. The summed E-state index contributed by atoms with van der Waals surface area (Å²) in [6.45, 7) is 1.79. The van der Waals surface area contributed by atoms with E-state index in [9.17, 15) is 9.59 Å². The third-order valence-electron chi connectivity index (χ3n) is 4.48. The highest BCUT2D eigenvalue weighted by Gasteiger charge is 2.11. The minimum atomic E-state index is -0.357. The lowest BCUT2D eigenvalue weighted by molar-refractivity contribution is -0.121. The number of hydrogen-bond acceptors (Lipinski definition) is 5. The second-order valence-electron chi connectivity index (χ2n) is 6.72. The fourth-order valence-electron chi connectivity index (χ4n) is 2.77. The van der Waals surface area contributed by atoms with Crippen LogP contribution in [0.2, 0.25) is 0 Å². The average Bonchev–Trinajstić information content (AvgIpc) is 3.23. The molecule has 0 spiro atoms. The van der Waals surface area contributed by atoms with Crippen molar-refractivity contribution in [1.82, 2.24) is 5.43 Å². The van der Waals surface area contributed by atoms with Gasteiger partial charge in [-0.25, -0.2) is 5.43 Å². The van der Waals surface area contributed by atoms with E-state index in [0.717, 1.165) is 16.9 Å². The van der Waals surface area contributed by atoms with Crippen LogP contribution in [0.1, 0.15) is 35.0 Å². The summed E-state index contributed by atoms with van der Waals surface area (Å²) in [5, 5.41) is 6.95. The molecule has 8 heteroatoms. The molecule has 0 saturated heterocycles. The lowest BCUT2D eigenvalue weighted by Gasteiger charge is -2.07. The largest absolute Gasteiger partial charge is 0.497 e. The SMILES string of the molecule is COc1ccc(CCC(=O)N/N=C(\C)c2cccc(NC(=O)c3ccc(Br)o3)c2)cc1. The van der Waals surface area contributed by atoms with E-state index in [4.69, 9.17) is 9.15 Å². The van der Waals surface area contributed by atoms with Crippen molar-refractivity contribution >= 4 is 39.1 Å². The van der Waals surface area contributed by atoms with E-state index in [1.54, 1.807) is 44.4 Å². The first-order chi connectivity index (χ1) is 14.9. The summed E-state index contributed by atoms with van der Waals surface area (Å²) in [7, 11) is 1.62. The molecule has 0 atom stereocenters. The van der Waals surface area contributed by atoms with E-state index in [0.29, 0.717) is 28.9 Å². The fraction of sp³-hybridized carbons (Fsp3) is 0.174. The van der Waals surface area contributed by atoms with Crippen molar-refractivity contribution in [2.24, 2.45) is 5.10 Å². The van der Waals surface area contributed by atoms with Crippen LogP contribution in [0, 0.1) is 0 Å². The Bertz CT molecular complexity index is 1090. The zero-order valence-corrected chi connectivity index (χ0v) is 18.7.